The number of carbonyl (C=O) groups excluding carboxylic acids is 1. The Kier molecular flexibility index (Phi) is 3.93. The molecule has 0 aromatic heterocycles. The molecule has 0 aliphatic rings. The maximum atomic E-state index is 10.7. The normalized spacial score (nSPS) is 16.5. The van der Waals surface area contributed by atoms with Crippen LogP contribution >= 0.6 is 11.8 Å². The molecule has 0 saturated heterocycles. The number of hydrogen-bond acceptors (Lipinski definition) is 2. The van der Waals surface area contributed by atoms with Crippen molar-refractivity contribution in [1.82, 2.24) is 0 Å². The Labute approximate surface area is 72.9 Å². The Morgan fingerprint density at radius 3 is 2.18 bits per heavy atom. The van der Waals surface area contributed by atoms with Gasteiger partial charge in [0.15, 0.2) is 0 Å². The van der Waals surface area contributed by atoms with Crippen molar-refractivity contribution in [1.29, 1.82) is 0 Å². The second-order valence-corrected chi connectivity index (χ2v) is 4.78. The first-order valence-electron chi connectivity index (χ1n) is 3.91. The second-order valence-electron chi connectivity index (χ2n) is 3.24. The summed E-state index contributed by atoms with van der Waals surface area (Å²) in [6.45, 7) is 8.38. The van der Waals surface area contributed by atoms with Crippen LogP contribution < -0.4 is 5.73 Å². The van der Waals surface area contributed by atoms with Crippen LogP contribution in [0.4, 0.5) is 4.79 Å². The highest BCUT2D eigenvalue weighted by Crippen LogP contribution is 2.35. The Hall–Kier alpha value is -0.180. The van der Waals surface area contributed by atoms with E-state index in [1.54, 1.807) is 0 Å². The molecule has 2 N–H and O–H groups in total. The zero-order valence-electron chi connectivity index (χ0n) is 7.68. The van der Waals surface area contributed by atoms with Crippen LogP contribution in [0.1, 0.15) is 34.1 Å². The standard InChI is InChI=1S/C8H17NOS/c1-5-8(4,6(2)3)11-7(9)10/h6H,5H2,1-4H3,(H2,9,10). The Morgan fingerprint density at radius 1 is 1.64 bits per heavy atom. The lowest BCUT2D eigenvalue weighted by atomic mass is 9.94. The predicted molar refractivity (Wildman–Crippen MR) is 50.7 cm³/mol. The van der Waals surface area contributed by atoms with E-state index < -0.39 is 0 Å². The van der Waals surface area contributed by atoms with Gasteiger partial charge in [0.1, 0.15) is 0 Å². The molecule has 0 aromatic rings. The van der Waals surface area contributed by atoms with Crippen molar-refractivity contribution >= 4 is 17.0 Å². The molecule has 1 atom stereocenters. The van der Waals surface area contributed by atoms with Crippen molar-refractivity contribution in [2.45, 2.75) is 38.9 Å². The molecule has 0 fully saturated rings. The van der Waals surface area contributed by atoms with Gasteiger partial charge in [-0.1, -0.05) is 32.5 Å². The van der Waals surface area contributed by atoms with Crippen LogP contribution in [0.15, 0.2) is 0 Å². The lowest BCUT2D eigenvalue weighted by Crippen LogP contribution is -2.29. The molecular weight excluding hydrogens is 158 g/mol. The van der Waals surface area contributed by atoms with Gasteiger partial charge in [0.05, 0.1) is 0 Å². The van der Waals surface area contributed by atoms with Gasteiger partial charge in [-0.15, -0.1) is 0 Å². The molecule has 0 bridgehead atoms. The molecule has 0 spiro atoms. The highest BCUT2D eigenvalue weighted by atomic mass is 32.2. The van der Waals surface area contributed by atoms with Gasteiger partial charge >= 0.3 is 0 Å². The molecular formula is C8H17NOS. The first-order chi connectivity index (χ1) is 4.92. The minimum atomic E-state index is -0.275. The Bertz CT molecular complexity index is 147. The van der Waals surface area contributed by atoms with E-state index in [1.165, 1.54) is 11.8 Å². The van der Waals surface area contributed by atoms with Crippen molar-refractivity contribution < 1.29 is 4.79 Å². The monoisotopic (exact) mass is 175 g/mol. The average Bonchev–Trinajstić information content (AvgIpc) is 1.86. The predicted octanol–water partition coefficient (Wildman–Crippen LogP) is 2.62. The second kappa shape index (κ2) is 4.00. The van der Waals surface area contributed by atoms with Gasteiger partial charge in [0, 0.05) is 4.75 Å². The fourth-order valence-electron chi connectivity index (χ4n) is 0.828. The average molecular weight is 175 g/mol. The van der Waals surface area contributed by atoms with Crippen molar-refractivity contribution in [3.05, 3.63) is 0 Å². The highest BCUT2D eigenvalue weighted by Gasteiger charge is 2.28. The maximum Gasteiger partial charge on any atom is 0.277 e. The third-order valence-corrected chi connectivity index (χ3v) is 3.68. The zero-order valence-corrected chi connectivity index (χ0v) is 8.49. The molecule has 0 rings (SSSR count). The molecule has 0 saturated carbocycles. The van der Waals surface area contributed by atoms with Crippen LogP contribution in [-0.4, -0.2) is 9.99 Å². The number of amides is 1. The van der Waals surface area contributed by atoms with Crippen LogP contribution in [0.2, 0.25) is 0 Å². The molecule has 2 nitrogen and oxygen atoms in total. The molecule has 1 amide bonds. The topological polar surface area (TPSA) is 43.1 Å². The minimum Gasteiger partial charge on any atom is -0.361 e. The summed E-state index contributed by atoms with van der Waals surface area (Å²) in [5.74, 6) is 0.477. The van der Waals surface area contributed by atoms with Gasteiger partial charge in [-0.3, -0.25) is 4.79 Å². The summed E-state index contributed by atoms with van der Waals surface area (Å²) in [5.41, 5.74) is 5.12. The van der Waals surface area contributed by atoms with Gasteiger partial charge in [-0.05, 0) is 19.3 Å². The smallest absolute Gasteiger partial charge is 0.277 e. The SMILES string of the molecule is CCC(C)(SC(N)=O)C(C)C. The van der Waals surface area contributed by atoms with E-state index in [2.05, 4.69) is 27.7 Å². The zero-order chi connectivity index (χ0) is 9.07. The quantitative estimate of drug-likeness (QED) is 0.716. The highest BCUT2D eigenvalue weighted by molar-refractivity contribution is 8.14. The van der Waals surface area contributed by atoms with E-state index >= 15 is 0 Å². The van der Waals surface area contributed by atoms with Crippen LogP contribution in [0.3, 0.4) is 0 Å². The minimum absolute atomic E-state index is 0.00579. The van der Waals surface area contributed by atoms with Crippen LogP contribution in [0, 0.1) is 5.92 Å². The lowest BCUT2D eigenvalue weighted by Gasteiger charge is -2.30. The van der Waals surface area contributed by atoms with Crippen LogP contribution in [0.25, 0.3) is 0 Å². The fourth-order valence-corrected chi connectivity index (χ4v) is 1.67. The lowest BCUT2D eigenvalue weighted by molar-refractivity contribution is 0.266. The number of thioether (sulfide) groups is 1. The molecule has 0 heterocycles. The van der Waals surface area contributed by atoms with E-state index in [4.69, 9.17) is 5.73 Å². The largest absolute Gasteiger partial charge is 0.361 e. The number of carbonyl (C=O) groups is 1. The van der Waals surface area contributed by atoms with Gasteiger partial charge in [0.25, 0.3) is 5.24 Å². The Morgan fingerprint density at radius 2 is 2.09 bits per heavy atom. The first-order valence-corrected chi connectivity index (χ1v) is 4.72. The van der Waals surface area contributed by atoms with Gasteiger partial charge < -0.3 is 5.73 Å². The third kappa shape index (κ3) is 3.14. The summed E-state index contributed by atoms with van der Waals surface area (Å²) in [6, 6.07) is 0. The van der Waals surface area contributed by atoms with Crippen molar-refractivity contribution in [3.63, 3.8) is 0 Å². The van der Waals surface area contributed by atoms with E-state index in [0.29, 0.717) is 5.92 Å². The van der Waals surface area contributed by atoms with Crippen LogP contribution in [0.5, 0.6) is 0 Å². The number of primary amides is 1. The number of hydrogen-bond donors (Lipinski definition) is 1. The maximum absolute atomic E-state index is 10.7. The summed E-state index contributed by atoms with van der Waals surface area (Å²) < 4.78 is 0.00579. The summed E-state index contributed by atoms with van der Waals surface area (Å²) in [6.07, 6.45) is 0.971. The van der Waals surface area contributed by atoms with Crippen molar-refractivity contribution in [2.75, 3.05) is 0 Å². The molecule has 3 heteroatoms. The Balaban J connectivity index is 4.22. The molecule has 0 aromatic carbocycles. The molecule has 66 valence electrons. The van der Waals surface area contributed by atoms with Gasteiger partial charge in [0.2, 0.25) is 0 Å². The third-order valence-electron chi connectivity index (χ3n) is 2.26. The van der Waals surface area contributed by atoms with Gasteiger partial charge in [-0.25, -0.2) is 0 Å². The van der Waals surface area contributed by atoms with E-state index in [0.717, 1.165) is 6.42 Å². The number of rotatable bonds is 3. The summed E-state index contributed by atoms with van der Waals surface area (Å²) in [4.78, 5) is 10.7. The number of nitrogens with two attached hydrogens (primary N) is 1. The molecule has 1 unspecified atom stereocenters. The molecule has 11 heavy (non-hydrogen) atoms. The fraction of sp³-hybridized carbons (Fsp3) is 0.875. The first kappa shape index (κ1) is 10.8. The van der Waals surface area contributed by atoms with E-state index in [-0.39, 0.29) is 9.99 Å². The van der Waals surface area contributed by atoms with E-state index in [1.807, 2.05) is 0 Å². The van der Waals surface area contributed by atoms with Crippen molar-refractivity contribution in [3.8, 4) is 0 Å². The van der Waals surface area contributed by atoms with Gasteiger partial charge in [-0.2, -0.15) is 0 Å². The molecule has 0 radical (unpaired) electrons. The van der Waals surface area contributed by atoms with Crippen LogP contribution in [-0.2, 0) is 0 Å². The molecule has 0 aliphatic heterocycles. The summed E-state index contributed by atoms with van der Waals surface area (Å²) in [5, 5.41) is -0.275. The molecule has 0 aliphatic carbocycles. The van der Waals surface area contributed by atoms with E-state index in [9.17, 15) is 4.79 Å². The summed E-state index contributed by atoms with van der Waals surface area (Å²) >= 11 is 1.25. The summed E-state index contributed by atoms with van der Waals surface area (Å²) in [7, 11) is 0. The van der Waals surface area contributed by atoms with Crippen molar-refractivity contribution in [2.24, 2.45) is 11.7 Å².